The van der Waals surface area contributed by atoms with Crippen molar-refractivity contribution in [3.05, 3.63) is 106 Å². The first-order chi connectivity index (χ1) is 14.2. The van der Waals surface area contributed by atoms with Crippen LogP contribution in [0.15, 0.2) is 78.9 Å². The molecule has 3 aromatic rings. The number of allylic oxidation sites excluding steroid dienone is 2. The number of nitrogens with one attached hydrogen (secondary N) is 1. The lowest BCUT2D eigenvalue weighted by molar-refractivity contribution is 0.305. The summed E-state index contributed by atoms with van der Waals surface area (Å²) in [5.41, 5.74) is 4.70. The zero-order valence-corrected chi connectivity index (χ0v) is 17.3. The Morgan fingerprint density at radius 3 is 2.62 bits per heavy atom. The first kappa shape index (κ1) is 18.6. The smallest absolute Gasteiger partial charge is 0.120 e. The Balaban J connectivity index is 1.43. The SMILES string of the molecule is Clc1ccc(C2Nc3ccc(OCc4ccccc4)cc3C3C=CCC32)c(Cl)c1. The third-order valence-electron chi connectivity index (χ3n) is 5.88. The average Bonchev–Trinajstić information content (AvgIpc) is 3.23. The van der Waals surface area contributed by atoms with E-state index in [9.17, 15) is 0 Å². The number of hydrogen-bond acceptors (Lipinski definition) is 2. The first-order valence-corrected chi connectivity index (χ1v) is 10.6. The fourth-order valence-corrected chi connectivity index (χ4v) is 4.99. The molecule has 0 radical (unpaired) electrons. The fourth-order valence-electron chi connectivity index (χ4n) is 4.46. The predicted octanol–water partition coefficient (Wildman–Crippen LogP) is 7.40. The van der Waals surface area contributed by atoms with Crippen molar-refractivity contribution < 1.29 is 4.74 Å². The lowest BCUT2D eigenvalue weighted by Crippen LogP contribution is -2.29. The Hall–Kier alpha value is -2.42. The molecule has 0 amide bonds. The molecular weight excluding hydrogens is 401 g/mol. The van der Waals surface area contributed by atoms with Gasteiger partial charge < -0.3 is 10.1 Å². The fraction of sp³-hybridized carbons (Fsp3) is 0.200. The quantitative estimate of drug-likeness (QED) is 0.443. The summed E-state index contributed by atoms with van der Waals surface area (Å²) in [6.07, 6.45) is 5.62. The zero-order chi connectivity index (χ0) is 19.8. The monoisotopic (exact) mass is 421 g/mol. The number of fused-ring (bicyclic) bond motifs is 3. The van der Waals surface area contributed by atoms with Gasteiger partial charge in [0.25, 0.3) is 0 Å². The summed E-state index contributed by atoms with van der Waals surface area (Å²) in [6, 6.07) is 22.5. The molecule has 0 saturated heterocycles. The van der Waals surface area contributed by atoms with Crippen LogP contribution in [0.3, 0.4) is 0 Å². The zero-order valence-electron chi connectivity index (χ0n) is 15.8. The highest BCUT2D eigenvalue weighted by molar-refractivity contribution is 6.35. The average molecular weight is 422 g/mol. The maximum atomic E-state index is 6.54. The molecule has 4 heteroatoms. The molecule has 1 N–H and O–H groups in total. The largest absolute Gasteiger partial charge is 0.489 e. The Morgan fingerprint density at radius 1 is 0.931 bits per heavy atom. The Bertz CT molecular complexity index is 1060. The van der Waals surface area contributed by atoms with E-state index >= 15 is 0 Å². The van der Waals surface area contributed by atoms with Gasteiger partial charge in [-0.1, -0.05) is 71.8 Å². The van der Waals surface area contributed by atoms with E-state index in [2.05, 4.69) is 41.7 Å². The summed E-state index contributed by atoms with van der Waals surface area (Å²) >= 11 is 12.6. The summed E-state index contributed by atoms with van der Waals surface area (Å²) in [4.78, 5) is 0. The first-order valence-electron chi connectivity index (χ1n) is 9.88. The number of rotatable bonds is 4. The molecule has 2 nitrogen and oxygen atoms in total. The van der Waals surface area contributed by atoms with E-state index in [1.54, 1.807) is 0 Å². The van der Waals surface area contributed by atoms with Crippen molar-refractivity contribution in [2.75, 3.05) is 5.32 Å². The van der Waals surface area contributed by atoms with E-state index in [4.69, 9.17) is 27.9 Å². The molecule has 0 bridgehead atoms. The van der Waals surface area contributed by atoms with E-state index in [1.165, 1.54) is 11.1 Å². The van der Waals surface area contributed by atoms with Gasteiger partial charge in [0.2, 0.25) is 0 Å². The number of anilines is 1. The van der Waals surface area contributed by atoms with E-state index in [-0.39, 0.29) is 6.04 Å². The van der Waals surface area contributed by atoms with Crippen molar-refractivity contribution in [2.45, 2.75) is 25.0 Å². The molecular formula is C25H21Cl2NO. The van der Waals surface area contributed by atoms with Crippen LogP contribution in [0.2, 0.25) is 10.0 Å². The van der Waals surface area contributed by atoms with Crippen molar-refractivity contribution in [1.29, 1.82) is 0 Å². The molecule has 3 aromatic carbocycles. The molecule has 0 aromatic heterocycles. The van der Waals surface area contributed by atoms with Gasteiger partial charge in [-0.15, -0.1) is 0 Å². The van der Waals surface area contributed by atoms with Crippen LogP contribution in [0.1, 0.15) is 35.1 Å². The van der Waals surface area contributed by atoms with Crippen LogP contribution in [0.5, 0.6) is 5.75 Å². The molecule has 146 valence electrons. The van der Waals surface area contributed by atoms with E-state index in [1.807, 2.05) is 42.5 Å². The van der Waals surface area contributed by atoms with Crippen LogP contribution >= 0.6 is 23.2 Å². The molecule has 0 fully saturated rings. The van der Waals surface area contributed by atoms with Gasteiger partial charge in [-0.05, 0) is 59.4 Å². The minimum atomic E-state index is 0.156. The van der Waals surface area contributed by atoms with Gasteiger partial charge in [-0.25, -0.2) is 0 Å². The molecule has 1 aliphatic carbocycles. The number of hydrogen-bond donors (Lipinski definition) is 1. The van der Waals surface area contributed by atoms with Gasteiger partial charge in [0.15, 0.2) is 0 Å². The highest BCUT2D eigenvalue weighted by Gasteiger charge is 2.38. The van der Waals surface area contributed by atoms with Crippen molar-refractivity contribution in [2.24, 2.45) is 5.92 Å². The minimum Gasteiger partial charge on any atom is -0.489 e. The van der Waals surface area contributed by atoms with Crippen molar-refractivity contribution >= 4 is 28.9 Å². The summed E-state index contributed by atoms with van der Waals surface area (Å²) < 4.78 is 6.06. The highest BCUT2D eigenvalue weighted by Crippen LogP contribution is 2.51. The topological polar surface area (TPSA) is 21.3 Å². The second-order valence-corrected chi connectivity index (χ2v) is 8.51. The summed E-state index contributed by atoms with van der Waals surface area (Å²) in [7, 11) is 0. The van der Waals surface area contributed by atoms with Crippen LogP contribution in [0, 0.1) is 5.92 Å². The lowest BCUT2D eigenvalue weighted by atomic mass is 9.77. The van der Waals surface area contributed by atoms with Crippen LogP contribution < -0.4 is 10.1 Å². The molecule has 3 atom stereocenters. The van der Waals surface area contributed by atoms with Crippen LogP contribution in [-0.2, 0) is 6.61 Å². The Labute approximate surface area is 181 Å². The van der Waals surface area contributed by atoms with Crippen LogP contribution in [0.4, 0.5) is 5.69 Å². The molecule has 1 heterocycles. The normalized spacial score (nSPS) is 21.9. The summed E-state index contributed by atoms with van der Waals surface area (Å²) in [5, 5.41) is 5.10. The maximum Gasteiger partial charge on any atom is 0.120 e. The molecule has 2 aliphatic rings. The third-order valence-corrected chi connectivity index (χ3v) is 6.44. The molecule has 0 saturated carbocycles. The summed E-state index contributed by atoms with van der Waals surface area (Å²) in [6.45, 7) is 0.569. The van der Waals surface area contributed by atoms with Crippen molar-refractivity contribution in [1.82, 2.24) is 0 Å². The standard InChI is InChI=1S/C25H21Cl2NO/c26-17-9-11-21(23(27)13-17)25-20-8-4-7-19(20)22-14-18(10-12-24(22)28-25)29-15-16-5-2-1-3-6-16/h1-7,9-14,19-20,25,28H,8,15H2. The van der Waals surface area contributed by atoms with Crippen molar-refractivity contribution in [3.63, 3.8) is 0 Å². The van der Waals surface area contributed by atoms with Gasteiger partial charge in [0.1, 0.15) is 12.4 Å². The van der Waals surface area contributed by atoms with Gasteiger partial charge in [-0.2, -0.15) is 0 Å². The van der Waals surface area contributed by atoms with E-state index in [0.717, 1.165) is 23.4 Å². The molecule has 5 rings (SSSR count). The maximum absolute atomic E-state index is 6.54. The Kier molecular flexibility index (Phi) is 4.99. The molecule has 3 unspecified atom stereocenters. The van der Waals surface area contributed by atoms with E-state index < -0.39 is 0 Å². The predicted molar refractivity (Wildman–Crippen MR) is 120 cm³/mol. The molecule has 1 aliphatic heterocycles. The van der Waals surface area contributed by atoms with Gasteiger partial charge in [-0.3, -0.25) is 0 Å². The third kappa shape index (κ3) is 3.63. The van der Waals surface area contributed by atoms with Gasteiger partial charge >= 0.3 is 0 Å². The van der Waals surface area contributed by atoms with Gasteiger partial charge in [0, 0.05) is 21.7 Å². The molecule has 29 heavy (non-hydrogen) atoms. The van der Waals surface area contributed by atoms with Gasteiger partial charge in [0.05, 0.1) is 6.04 Å². The minimum absolute atomic E-state index is 0.156. The van der Waals surface area contributed by atoms with Crippen molar-refractivity contribution in [3.8, 4) is 5.75 Å². The number of ether oxygens (including phenoxy) is 1. The Morgan fingerprint density at radius 2 is 1.79 bits per heavy atom. The number of halogens is 2. The summed E-state index contributed by atoms with van der Waals surface area (Å²) in [5.74, 6) is 1.67. The highest BCUT2D eigenvalue weighted by atomic mass is 35.5. The van der Waals surface area contributed by atoms with Crippen LogP contribution in [0.25, 0.3) is 0 Å². The number of benzene rings is 3. The second-order valence-electron chi connectivity index (χ2n) is 7.66. The molecule has 0 spiro atoms. The van der Waals surface area contributed by atoms with E-state index in [0.29, 0.717) is 28.5 Å². The lowest BCUT2D eigenvalue weighted by Gasteiger charge is -2.38. The second kappa shape index (κ2) is 7.78. The van der Waals surface area contributed by atoms with Crippen LogP contribution in [-0.4, -0.2) is 0 Å².